The van der Waals surface area contributed by atoms with Crippen LogP contribution < -0.4 is 5.32 Å². The van der Waals surface area contributed by atoms with Gasteiger partial charge < -0.3 is 10.4 Å². The topological polar surface area (TPSA) is 67.2 Å². The van der Waals surface area contributed by atoms with Crippen LogP contribution in [0.4, 0.5) is 0 Å². The number of carbonyl (C=O) groups excluding carboxylic acids is 1. The molecule has 2 heterocycles. The number of hydrogen-bond donors (Lipinski definition) is 2. The van der Waals surface area contributed by atoms with Gasteiger partial charge in [0.25, 0.3) is 5.91 Å². The van der Waals surface area contributed by atoms with Crippen molar-refractivity contribution in [3.8, 4) is 0 Å². The standard InChI is InChI=1S/C6H7N3O2/c10-5-3-7-6(11)4-1-2-8-9(4)5/h1-2,5,10H,3H2,(H,7,11)/t5-/m1/s1. The quantitative estimate of drug-likeness (QED) is 0.508. The third-order valence-corrected chi connectivity index (χ3v) is 1.63. The van der Waals surface area contributed by atoms with Gasteiger partial charge in [-0.2, -0.15) is 5.10 Å². The fourth-order valence-electron chi connectivity index (χ4n) is 1.09. The molecule has 1 aromatic rings. The Kier molecular flexibility index (Phi) is 1.19. The maximum atomic E-state index is 11.0. The van der Waals surface area contributed by atoms with Crippen molar-refractivity contribution in [2.75, 3.05) is 6.54 Å². The highest BCUT2D eigenvalue weighted by molar-refractivity contribution is 5.93. The highest BCUT2D eigenvalue weighted by Gasteiger charge is 2.22. The van der Waals surface area contributed by atoms with Gasteiger partial charge in [0.15, 0.2) is 6.23 Å². The van der Waals surface area contributed by atoms with Gasteiger partial charge in [-0.3, -0.25) is 4.79 Å². The number of nitrogens with zero attached hydrogens (tertiary/aromatic N) is 2. The Bertz CT molecular complexity index is 294. The molecule has 1 aliphatic heterocycles. The number of aliphatic hydroxyl groups is 1. The summed E-state index contributed by atoms with van der Waals surface area (Å²) in [6.07, 6.45) is 0.765. The van der Waals surface area contributed by atoms with Crippen LogP contribution in [-0.4, -0.2) is 27.3 Å². The number of hydrogen-bond acceptors (Lipinski definition) is 3. The highest BCUT2D eigenvalue weighted by atomic mass is 16.3. The fraction of sp³-hybridized carbons (Fsp3) is 0.333. The first-order valence-corrected chi connectivity index (χ1v) is 3.29. The van der Waals surface area contributed by atoms with E-state index in [1.54, 1.807) is 6.07 Å². The monoisotopic (exact) mass is 153 g/mol. The van der Waals surface area contributed by atoms with Crippen molar-refractivity contribution in [2.45, 2.75) is 6.23 Å². The molecule has 0 radical (unpaired) electrons. The summed E-state index contributed by atoms with van der Waals surface area (Å²) in [5, 5.41) is 15.6. The molecule has 2 N–H and O–H groups in total. The second kappa shape index (κ2) is 2.06. The van der Waals surface area contributed by atoms with Crippen molar-refractivity contribution in [1.29, 1.82) is 0 Å². The van der Waals surface area contributed by atoms with Crippen molar-refractivity contribution in [1.82, 2.24) is 15.1 Å². The van der Waals surface area contributed by atoms with Gasteiger partial charge >= 0.3 is 0 Å². The lowest BCUT2D eigenvalue weighted by molar-refractivity contribution is 0.0593. The van der Waals surface area contributed by atoms with Crippen LogP contribution in [0.2, 0.25) is 0 Å². The summed E-state index contributed by atoms with van der Waals surface area (Å²) >= 11 is 0. The molecule has 11 heavy (non-hydrogen) atoms. The van der Waals surface area contributed by atoms with E-state index >= 15 is 0 Å². The van der Waals surface area contributed by atoms with E-state index in [0.717, 1.165) is 0 Å². The number of rotatable bonds is 0. The summed E-state index contributed by atoms with van der Waals surface area (Å²) in [5.74, 6) is -0.187. The van der Waals surface area contributed by atoms with Crippen molar-refractivity contribution in [2.24, 2.45) is 0 Å². The number of amides is 1. The van der Waals surface area contributed by atoms with Crippen LogP contribution in [0.1, 0.15) is 16.7 Å². The number of carbonyl (C=O) groups is 1. The number of fused-ring (bicyclic) bond motifs is 1. The van der Waals surface area contributed by atoms with E-state index < -0.39 is 6.23 Å². The van der Waals surface area contributed by atoms with Crippen LogP contribution in [0.15, 0.2) is 12.3 Å². The lowest BCUT2D eigenvalue weighted by Gasteiger charge is -2.19. The molecule has 0 saturated heterocycles. The highest BCUT2D eigenvalue weighted by Crippen LogP contribution is 2.09. The van der Waals surface area contributed by atoms with Crippen LogP contribution in [0.5, 0.6) is 0 Å². The molecule has 1 aliphatic rings. The van der Waals surface area contributed by atoms with Gasteiger partial charge in [-0.05, 0) is 6.07 Å². The van der Waals surface area contributed by atoms with Crippen LogP contribution >= 0.6 is 0 Å². The molecule has 2 rings (SSSR count). The third kappa shape index (κ3) is 0.813. The molecule has 0 spiro atoms. The van der Waals surface area contributed by atoms with Crippen molar-refractivity contribution >= 4 is 5.91 Å². The summed E-state index contributed by atoms with van der Waals surface area (Å²) in [5.41, 5.74) is 0.406. The van der Waals surface area contributed by atoms with E-state index in [0.29, 0.717) is 5.69 Å². The second-order valence-electron chi connectivity index (χ2n) is 2.35. The Labute approximate surface area is 62.6 Å². The van der Waals surface area contributed by atoms with Gasteiger partial charge in [-0.25, -0.2) is 4.68 Å². The smallest absolute Gasteiger partial charge is 0.269 e. The third-order valence-electron chi connectivity index (χ3n) is 1.63. The summed E-state index contributed by atoms with van der Waals surface area (Å²) in [6, 6.07) is 1.57. The average Bonchev–Trinajstić information content (AvgIpc) is 2.45. The molecule has 1 atom stereocenters. The molecule has 0 bridgehead atoms. The molecule has 58 valence electrons. The molecule has 5 heteroatoms. The Morgan fingerprint density at radius 1 is 1.82 bits per heavy atom. The van der Waals surface area contributed by atoms with Gasteiger partial charge in [-0.15, -0.1) is 0 Å². The molecule has 5 nitrogen and oxygen atoms in total. The Balaban J connectivity index is 2.51. The summed E-state index contributed by atoms with van der Waals surface area (Å²) < 4.78 is 1.30. The predicted octanol–water partition coefficient (Wildman–Crippen LogP) is -0.883. The molecular weight excluding hydrogens is 146 g/mol. The lowest BCUT2D eigenvalue weighted by Crippen LogP contribution is -2.39. The Hall–Kier alpha value is -1.36. The molecule has 0 aromatic carbocycles. The Morgan fingerprint density at radius 2 is 2.64 bits per heavy atom. The average molecular weight is 153 g/mol. The van der Waals surface area contributed by atoms with Crippen LogP contribution in [0, 0.1) is 0 Å². The maximum Gasteiger partial charge on any atom is 0.269 e. The minimum absolute atomic E-state index is 0.187. The molecule has 0 fully saturated rings. The summed E-state index contributed by atoms with van der Waals surface area (Å²) in [6.45, 7) is 0.230. The van der Waals surface area contributed by atoms with Gasteiger partial charge in [-0.1, -0.05) is 0 Å². The number of aliphatic hydroxyl groups excluding tert-OH is 1. The van der Waals surface area contributed by atoms with Gasteiger partial charge in [0.05, 0.1) is 6.54 Å². The van der Waals surface area contributed by atoms with E-state index in [-0.39, 0.29) is 12.5 Å². The normalized spacial score (nSPS) is 22.6. The first kappa shape index (κ1) is 6.36. The van der Waals surface area contributed by atoms with Crippen LogP contribution in [0.3, 0.4) is 0 Å². The van der Waals surface area contributed by atoms with E-state index in [9.17, 15) is 9.90 Å². The van der Waals surface area contributed by atoms with Crippen molar-refractivity contribution in [3.05, 3.63) is 18.0 Å². The lowest BCUT2D eigenvalue weighted by atomic mass is 10.3. The molecule has 0 unspecified atom stereocenters. The molecule has 1 amide bonds. The SMILES string of the molecule is O=C1NC[C@@H](O)n2nccc21. The van der Waals surface area contributed by atoms with E-state index in [2.05, 4.69) is 10.4 Å². The van der Waals surface area contributed by atoms with Gasteiger partial charge in [0, 0.05) is 6.20 Å². The minimum Gasteiger partial charge on any atom is -0.370 e. The number of nitrogens with one attached hydrogen (secondary N) is 1. The zero-order valence-electron chi connectivity index (χ0n) is 5.69. The molecule has 0 aliphatic carbocycles. The van der Waals surface area contributed by atoms with Crippen LogP contribution in [0.25, 0.3) is 0 Å². The van der Waals surface area contributed by atoms with Crippen molar-refractivity contribution < 1.29 is 9.90 Å². The molecule has 1 aromatic heterocycles. The van der Waals surface area contributed by atoms with E-state index in [1.165, 1.54) is 10.9 Å². The largest absolute Gasteiger partial charge is 0.370 e. The predicted molar refractivity (Wildman–Crippen MR) is 35.8 cm³/mol. The van der Waals surface area contributed by atoms with Gasteiger partial charge in [0.2, 0.25) is 0 Å². The second-order valence-corrected chi connectivity index (χ2v) is 2.35. The van der Waals surface area contributed by atoms with Crippen molar-refractivity contribution in [3.63, 3.8) is 0 Å². The molecular formula is C6H7N3O2. The zero-order valence-corrected chi connectivity index (χ0v) is 5.69. The zero-order chi connectivity index (χ0) is 7.84. The van der Waals surface area contributed by atoms with E-state index in [4.69, 9.17) is 0 Å². The summed E-state index contributed by atoms with van der Waals surface area (Å²) in [7, 11) is 0. The number of aromatic nitrogens is 2. The minimum atomic E-state index is -0.724. The first-order chi connectivity index (χ1) is 5.29. The fourth-order valence-corrected chi connectivity index (χ4v) is 1.09. The number of β-amino-alcohol motifs (C(OH)–C–C–N with tert-alkyl or cyclic N) is 1. The first-order valence-electron chi connectivity index (χ1n) is 3.29. The molecule has 0 saturated carbocycles. The van der Waals surface area contributed by atoms with E-state index in [1.807, 2.05) is 0 Å². The van der Waals surface area contributed by atoms with Crippen LogP contribution in [-0.2, 0) is 0 Å². The van der Waals surface area contributed by atoms with Gasteiger partial charge in [0.1, 0.15) is 5.69 Å². The maximum absolute atomic E-state index is 11.0. The Morgan fingerprint density at radius 3 is 3.36 bits per heavy atom. The summed E-state index contributed by atoms with van der Waals surface area (Å²) in [4.78, 5) is 11.0.